The van der Waals surface area contributed by atoms with Crippen molar-refractivity contribution in [2.24, 2.45) is 10.2 Å². The Morgan fingerprint density at radius 2 is 1.15 bits per heavy atom. The van der Waals surface area contributed by atoms with Crippen molar-refractivity contribution in [2.75, 3.05) is 26.9 Å². The molecule has 0 N–H and O–H groups in total. The lowest BCUT2D eigenvalue weighted by molar-refractivity contribution is -0.139. The molecule has 0 amide bonds. The van der Waals surface area contributed by atoms with Crippen LogP contribution in [0.5, 0.6) is 17.2 Å². The van der Waals surface area contributed by atoms with Crippen molar-refractivity contribution in [1.29, 1.82) is 0 Å². The lowest BCUT2D eigenvalue weighted by Gasteiger charge is -2.12. The Morgan fingerprint density at radius 3 is 1.76 bits per heavy atom. The molecule has 3 aromatic carbocycles. The molecular weight excluding hydrogens is 576 g/mol. The van der Waals surface area contributed by atoms with Crippen molar-refractivity contribution in [3.63, 3.8) is 0 Å². The average Bonchev–Trinajstić information content (AvgIpc) is 3.08. The first kappa shape index (κ1) is 36.3. The van der Waals surface area contributed by atoms with Crippen molar-refractivity contribution in [3.05, 3.63) is 78.9 Å². The van der Waals surface area contributed by atoms with Gasteiger partial charge in [-0.3, -0.25) is 0 Å². The summed E-state index contributed by atoms with van der Waals surface area (Å²) in [6, 6.07) is 21.5. The van der Waals surface area contributed by atoms with E-state index < -0.39 is 0 Å². The molecule has 0 unspecified atom stereocenters. The number of azo groups is 1. The van der Waals surface area contributed by atoms with E-state index in [1.807, 2.05) is 60.7 Å². The molecule has 7 nitrogen and oxygen atoms in total. The Hall–Kier alpha value is -4.13. The number of rotatable bonds is 23. The zero-order valence-corrected chi connectivity index (χ0v) is 28.1. The molecule has 0 fully saturated rings. The van der Waals surface area contributed by atoms with Gasteiger partial charge >= 0.3 is 5.97 Å². The Bertz CT molecular complexity index is 1340. The third-order valence-corrected chi connectivity index (χ3v) is 7.63. The minimum absolute atomic E-state index is 0.354. The van der Waals surface area contributed by atoms with Gasteiger partial charge in [0.05, 0.1) is 38.3 Å². The van der Waals surface area contributed by atoms with E-state index in [9.17, 15) is 4.79 Å². The van der Waals surface area contributed by atoms with E-state index >= 15 is 0 Å². The number of ether oxygens (including phenoxy) is 4. The van der Waals surface area contributed by atoms with Gasteiger partial charge in [-0.25, -0.2) is 4.79 Å². The zero-order chi connectivity index (χ0) is 32.8. The van der Waals surface area contributed by atoms with Crippen molar-refractivity contribution in [3.8, 4) is 28.4 Å². The summed E-state index contributed by atoms with van der Waals surface area (Å²) < 4.78 is 22.6. The number of unbranched alkanes of at least 4 members (excludes halogenated alkanes) is 10. The van der Waals surface area contributed by atoms with E-state index in [0.29, 0.717) is 25.4 Å². The molecule has 0 heterocycles. The molecule has 0 bridgehead atoms. The molecule has 0 aromatic heterocycles. The molecular formula is C39H52N2O5. The SMILES string of the molecule is C=C(C)C(=O)OCCCCOc1ccc(N=Nc2ccc(-c3ccc(OCCCCCCCCCCCC)c(OC)c3)cc2)cc1. The van der Waals surface area contributed by atoms with Crippen LogP contribution >= 0.6 is 0 Å². The van der Waals surface area contributed by atoms with Crippen molar-refractivity contribution in [2.45, 2.75) is 90.9 Å². The fourth-order valence-corrected chi connectivity index (χ4v) is 4.87. The number of hydrogen-bond donors (Lipinski definition) is 0. The van der Waals surface area contributed by atoms with Crippen LogP contribution in [-0.2, 0) is 9.53 Å². The van der Waals surface area contributed by atoms with Gasteiger partial charge < -0.3 is 18.9 Å². The predicted octanol–water partition coefficient (Wildman–Crippen LogP) is 11.4. The maximum atomic E-state index is 11.4. The smallest absolute Gasteiger partial charge is 0.333 e. The van der Waals surface area contributed by atoms with Gasteiger partial charge in [0.1, 0.15) is 5.75 Å². The number of methoxy groups -OCH3 is 1. The second-order valence-electron chi connectivity index (χ2n) is 11.6. The van der Waals surface area contributed by atoms with E-state index in [-0.39, 0.29) is 5.97 Å². The number of nitrogens with zero attached hydrogens (tertiary/aromatic N) is 2. The quantitative estimate of drug-likeness (QED) is 0.0452. The fraction of sp³-hybridized carbons (Fsp3) is 0.462. The van der Waals surface area contributed by atoms with E-state index in [4.69, 9.17) is 18.9 Å². The first-order valence-corrected chi connectivity index (χ1v) is 16.9. The van der Waals surface area contributed by atoms with Gasteiger partial charge in [0.2, 0.25) is 0 Å². The topological polar surface area (TPSA) is 78.7 Å². The van der Waals surface area contributed by atoms with Gasteiger partial charge in [-0.1, -0.05) is 89.5 Å². The van der Waals surface area contributed by atoms with E-state index in [2.05, 4.69) is 29.8 Å². The van der Waals surface area contributed by atoms with Gasteiger partial charge in [0, 0.05) is 5.57 Å². The van der Waals surface area contributed by atoms with Gasteiger partial charge in [0.25, 0.3) is 0 Å². The normalized spacial score (nSPS) is 11.0. The summed E-state index contributed by atoms with van der Waals surface area (Å²) in [5, 5.41) is 8.74. The molecule has 0 radical (unpaired) electrons. The van der Waals surface area contributed by atoms with Crippen LogP contribution in [-0.4, -0.2) is 32.9 Å². The standard InChI is InChI=1S/C39H52N2O5/c1-5-6-7-8-9-10-11-12-13-14-28-45-37-26-19-33(30-38(37)43-4)32-17-20-34(21-18-32)40-41-35-22-24-36(25-23-35)44-27-15-16-29-46-39(42)31(2)3/h17-26,30H,2,5-16,27-29H2,1,3-4H3. The summed E-state index contributed by atoms with van der Waals surface area (Å²) in [6.07, 6.45) is 14.6. The number of carbonyl (C=O) groups is 1. The summed E-state index contributed by atoms with van der Waals surface area (Å²) in [4.78, 5) is 11.4. The van der Waals surface area contributed by atoms with Gasteiger partial charge in [-0.15, -0.1) is 0 Å². The lowest BCUT2D eigenvalue weighted by atomic mass is 10.0. The first-order chi connectivity index (χ1) is 22.5. The summed E-state index contributed by atoms with van der Waals surface area (Å²) >= 11 is 0. The molecule has 7 heteroatoms. The molecule has 0 saturated carbocycles. The van der Waals surface area contributed by atoms with Crippen molar-refractivity contribution < 1.29 is 23.7 Å². The Balaban J connectivity index is 1.38. The third kappa shape index (κ3) is 13.9. The molecule has 0 aliphatic rings. The number of hydrogen-bond acceptors (Lipinski definition) is 7. The van der Waals surface area contributed by atoms with Crippen LogP contribution in [0.15, 0.2) is 89.1 Å². The van der Waals surface area contributed by atoms with Gasteiger partial charge in [-0.05, 0) is 85.8 Å². The molecule has 46 heavy (non-hydrogen) atoms. The van der Waals surface area contributed by atoms with Crippen LogP contribution in [0.1, 0.15) is 90.9 Å². The summed E-state index contributed by atoms with van der Waals surface area (Å²) in [6.45, 7) is 9.08. The average molecular weight is 629 g/mol. The number of esters is 1. The van der Waals surface area contributed by atoms with E-state index in [1.165, 1.54) is 57.8 Å². The molecule has 248 valence electrons. The Labute approximate surface area is 276 Å². The van der Waals surface area contributed by atoms with Crippen LogP contribution < -0.4 is 14.2 Å². The largest absolute Gasteiger partial charge is 0.494 e. The first-order valence-electron chi connectivity index (χ1n) is 16.9. The van der Waals surface area contributed by atoms with Crippen LogP contribution in [0.25, 0.3) is 11.1 Å². The fourth-order valence-electron chi connectivity index (χ4n) is 4.87. The molecule has 0 saturated heterocycles. The Kier molecular flexibility index (Phi) is 17.0. The van der Waals surface area contributed by atoms with Crippen molar-refractivity contribution >= 4 is 17.3 Å². The van der Waals surface area contributed by atoms with Crippen LogP contribution in [0.3, 0.4) is 0 Å². The highest BCUT2D eigenvalue weighted by atomic mass is 16.5. The van der Waals surface area contributed by atoms with Crippen molar-refractivity contribution in [1.82, 2.24) is 0 Å². The third-order valence-electron chi connectivity index (χ3n) is 7.63. The summed E-state index contributed by atoms with van der Waals surface area (Å²) in [5.74, 6) is 1.93. The molecule has 0 aliphatic heterocycles. The molecule has 3 rings (SSSR count). The molecule has 0 spiro atoms. The van der Waals surface area contributed by atoms with E-state index in [1.54, 1.807) is 14.0 Å². The van der Waals surface area contributed by atoms with E-state index in [0.717, 1.165) is 59.0 Å². The molecule has 3 aromatic rings. The minimum Gasteiger partial charge on any atom is -0.494 e. The monoisotopic (exact) mass is 628 g/mol. The summed E-state index contributed by atoms with van der Waals surface area (Å²) in [7, 11) is 1.68. The van der Waals surface area contributed by atoms with Gasteiger partial charge in [-0.2, -0.15) is 10.2 Å². The minimum atomic E-state index is -0.354. The van der Waals surface area contributed by atoms with Crippen LogP contribution in [0, 0.1) is 0 Å². The van der Waals surface area contributed by atoms with Crippen LogP contribution in [0.4, 0.5) is 11.4 Å². The zero-order valence-electron chi connectivity index (χ0n) is 28.1. The molecule has 0 atom stereocenters. The highest BCUT2D eigenvalue weighted by molar-refractivity contribution is 5.86. The highest BCUT2D eigenvalue weighted by Crippen LogP contribution is 2.33. The maximum Gasteiger partial charge on any atom is 0.333 e. The number of carbonyl (C=O) groups excluding carboxylic acids is 1. The van der Waals surface area contributed by atoms with Crippen LogP contribution in [0.2, 0.25) is 0 Å². The predicted molar refractivity (Wildman–Crippen MR) is 187 cm³/mol. The number of benzene rings is 3. The van der Waals surface area contributed by atoms with Gasteiger partial charge in [0.15, 0.2) is 11.5 Å². The summed E-state index contributed by atoms with van der Waals surface area (Å²) in [5.41, 5.74) is 4.03. The maximum absolute atomic E-state index is 11.4. The molecule has 0 aliphatic carbocycles. The Morgan fingerprint density at radius 1 is 0.630 bits per heavy atom. The highest BCUT2D eigenvalue weighted by Gasteiger charge is 2.08. The second-order valence-corrected chi connectivity index (χ2v) is 11.6. The second kappa shape index (κ2) is 21.6. The lowest BCUT2D eigenvalue weighted by Crippen LogP contribution is -2.07.